The summed E-state index contributed by atoms with van der Waals surface area (Å²) >= 11 is 5.87. The monoisotopic (exact) mass is 223 g/mol. The highest BCUT2D eigenvalue weighted by Crippen LogP contribution is 2.21. The lowest BCUT2D eigenvalue weighted by Crippen LogP contribution is -2.24. The summed E-state index contributed by atoms with van der Waals surface area (Å²) < 4.78 is 0. The molecule has 0 radical (unpaired) electrons. The number of fused-ring (bicyclic) bond motifs is 1. The topological polar surface area (TPSA) is 29.5 Å². The molecule has 0 aromatic heterocycles. The third kappa shape index (κ3) is 1.89. The molecule has 0 fully saturated rings. The predicted molar refractivity (Wildman–Crippen MR) is 57.5 cm³/mol. The molecule has 0 atom stereocenters. The lowest BCUT2D eigenvalue weighted by atomic mass is 10.1. The van der Waals surface area contributed by atoms with Gasteiger partial charge in [-0.2, -0.15) is 5.06 Å². The van der Waals surface area contributed by atoms with Gasteiger partial charge in [0.05, 0.1) is 7.11 Å². The number of allylic oxidation sites excluding steroid dienone is 1. The van der Waals surface area contributed by atoms with Gasteiger partial charge in [-0.15, -0.1) is 0 Å². The molecule has 1 aliphatic rings. The van der Waals surface area contributed by atoms with Crippen molar-refractivity contribution >= 4 is 17.5 Å². The Balaban J connectivity index is 2.48. The van der Waals surface area contributed by atoms with Crippen LogP contribution in [0.1, 0.15) is 15.9 Å². The number of hydroxylamine groups is 2. The van der Waals surface area contributed by atoms with Crippen LogP contribution in [0.2, 0.25) is 5.02 Å². The molecule has 1 heterocycles. The summed E-state index contributed by atoms with van der Waals surface area (Å²) in [5, 5.41) is 1.85. The molecule has 0 N–H and O–H groups in total. The van der Waals surface area contributed by atoms with Gasteiger partial charge in [-0.05, 0) is 30.2 Å². The number of rotatable bonds is 1. The molecule has 0 aliphatic carbocycles. The second-order valence-electron chi connectivity index (χ2n) is 3.20. The van der Waals surface area contributed by atoms with E-state index >= 15 is 0 Å². The summed E-state index contributed by atoms with van der Waals surface area (Å²) in [7, 11) is 1.46. The van der Waals surface area contributed by atoms with Crippen LogP contribution in [0.4, 0.5) is 0 Å². The van der Waals surface area contributed by atoms with Gasteiger partial charge in [0.15, 0.2) is 0 Å². The quantitative estimate of drug-likeness (QED) is 0.732. The van der Waals surface area contributed by atoms with Gasteiger partial charge in [-0.1, -0.05) is 17.7 Å². The molecule has 0 bridgehead atoms. The number of benzene rings is 1. The molecule has 2 rings (SSSR count). The van der Waals surface area contributed by atoms with Crippen LogP contribution >= 0.6 is 11.6 Å². The van der Waals surface area contributed by atoms with Crippen molar-refractivity contribution in [1.82, 2.24) is 5.06 Å². The van der Waals surface area contributed by atoms with Gasteiger partial charge >= 0.3 is 0 Å². The van der Waals surface area contributed by atoms with Crippen LogP contribution in [0.3, 0.4) is 0 Å². The molecule has 1 aromatic carbocycles. The van der Waals surface area contributed by atoms with Crippen molar-refractivity contribution in [3.8, 4) is 0 Å². The molecule has 15 heavy (non-hydrogen) atoms. The first-order valence-electron chi connectivity index (χ1n) is 4.55. The van der Waals surface area contributed by atoms with Gasteiger partial charge < -0.3 is 0 Å². The summed E-state index contributed by atoms with van der Waals surface area (Å²) in [6.45, 7) is 0. The molecule has 78 valence electrons. The van der Waals surface area contributed by atoms with Crippen LogP contribution in [0.15, 0.2) is 30.5 Å². The van der Waals surface area contributed by atoms with Crippen LogP contribution in [0.25, 0.3) is 0 Å². The Kier molecular flexibility index (Phi) is 2.75. The summed E-state index contributed by atoms with van der Waals surface area (Å²) in [6.07, 6.45) is 4.17. The minimum atomic E-state index is -0.169. The van der Waals surface area contributed by atoms with Crippen LogP contribution < -0.4 is 0 Å². The molecule has 1 aromatic rings. The summed E-state index contributed by atoms with van der Waals surface area (Å²) in [5.74, 6) is -0.169. The van der Waals surface area contributed by atoms with E-state index in [0.29, 0.717) is 17.0 Å². The molecule has 0 spiro atoms. The van der Waals surface area contributed by atoms with E-state index in [1.54, 1.807) is 24.4 Å². The minimum Gasteiger partial charge on any atom is -0.270 e. The number of hydrogen-bond donors (Lipinski definition) is 0. The average Bonchev–Trinajstić information content (AvgIpc) is 2.37. The van der Waals surface area contributed by atoms with E-state index in [-0.39, 0.29) is 5.91 Å². The average molecular weight is 224 g/mol. The highest BCUT2D eigenvalue weighted by Gasteiger charge is 2.19. The van der Waals surface area contributed by atoms with Crippen LogP contribution in [-0.2, 0) is 11.3 Å². The van der Waals surface area contributed by atoms with Crippen LogP contribution in [0.5, 0.6) is 0 Å². The van der Waals surface area contributed by atoms with Gasteiger partial charge in [0.25, 0.3) is 5.91 Å². The molecule has 3 nitrogen and oxygen atoms in total. The van der Waals surface area contributed by atoms with E-state index in [9.17, 15) is 4.79 Å². The Bertz CT molecular complexity index is 429. The lowest BCUT2D eigenvalue weighted by Gasteiger charge is -2.14. The molecule has 1 aliphatic heterocycles. The maximum atomic E-state index is 11.9. The zero-order valence-corrected chi connectivity index (χ0v) is 8.99. The Morgan fingerprint density at radius 2 is 2.27 bits per heavy atom. The van der Waals surface area contributed by atoms with Gasteiger partial charge in [0, 0.05) is 16.8 Å². The predicted octanol–water partition coefficient (Wildman–Crippen LogP) is 2.41. The minimum absolute atomic E-state index is 0.169. The van der Waals surface area contributed by atoms with E-state index in [2.05, 4.69) is 0 Å². The van der Waals surface area contributed by atoms with Crippen molar-refractivity contribution in [2.45, 2.75) is 6.42 Å². The zero-order valence-electron chi connectivity index (χ0n) is 8.24. The molecule has 0 saturated heterocycles. The fourth-order valence-corrected chi connectivity index (χ4v) is 1.74. The normalized spacial score (nSPS) is 15.1. The van der Waals surface area contributed by atoms with Gasteiger partial charge in [-0.25, -0.2) is 0 Å². The molecular weight excluding hydrogens is 214 g/mol. The number of carbonyl (C=O) groups is 1. The SMILES string of the molecule is CON1C=CCc2cc(Cl)ccc2C1=O. The Morgan fingerprint density at radius 1 is 1.47 bits per heavy atom. The van der Waals surface area contributed by atoms with Crippen molar-refractivity contribution in [1.29, 1.82) is 0 Å². The fraction of sp³-hybridized carbons (Fsp3) is 0.182. The third-order valence-corrected chi connectivity index (χ3v) is 2.51. The van der Waals surface area contributed by atoms with E-state index in [0.717, 1.165) is 5.56 Å². The maximum absolute atomic E-state index is 11.9. The highest BCUT2D eigenvalue weighted by molar-refractivity contribution is 6.30. The second kappa shape index (κ2) is 4.04. The second-order valence-corrected chi connectivity index (χ2v) is 3.64. The number of carbonyl (C=O) groups excluding carboxylic acids is 1. The summed E-state index contributed by atoms with van der Waals surface area (Å²) in [4.78, 5) is 16.8. The molecule has 0 unspecified atom stereocenters. The standard InChI is InChI=1S/C11H10ClNO2/c1-15-13-6-2-3-8-7-9(12)4-5-10(8)11(13)14/h2,4-7H,3H2,1H3. The van der Waals surface area contributed by atoms with Crippen molar-refractivity contribution in [3.05, 3.63) is 46.6 Å². The van der Waals surface area contributed by atoms with E-state index < -0.39 is 0 Å². The van der Waals surface area contributed by atoms with E-state index in [1.807, 2.05) is 6.08 Å². The van der Waals surface area contributed by atoms with E-state index in [1.165, 1.54) is 12.2 Å². The summed E-state index contributed by atoms with van der Waals surface area (Å²) in [5.41, 5.74) is 1.55. The largest absolute Gasteiger partial charge is 0.281 e. The van der Waals surface area contributed by atoms with Crippen molar-refractivity contribution < 1.29 is 9.63 Å². The van der Waals surface area contributed by atoms with Crippen LogP contribution in [0, 0.1) is 0 Å². The molecule has 1 amide bonds. The number of nitrogens with zero attached hydrogens (tertiary/aromatic N) is 1. The van der Waals surface area contributed by atoms with Gasteiger partial charge in [0.1, 0.15) is 0 Å². The lowest BCUT2D eigenvalue weighted by molar-refractivity contribution is -0.0583. The fourth-order valence-electron chi connectivity index (χ4n) is 1.55. The summed E-state index contributed by atoms with van der Waals surface area (Å²) in [6, 6.07) is 5.23. The highest BCUT2D eigenvalue weighted by atomic mass is 35.5. The Hall–Kier alpha value is -1.32. The molecular formula is C11H10ClNO2. The zero-order chi connectivity index (χ0) is 10.8. The van der Waals surface area contributed by atoms with Crippen molar-refractivity contribution in [3.63, 3.8) is 0 Å². The van der Waals surface area contributed by atoms with Gasteiger partial charge in [0.2, 0.25) is 0 Å². The maximum Gasteiger partial charge on any atom is 0.281 e. The number of hydrogen-bond acceptors (Lipinski definition) is 2. The van der Waals surface area contributed by atoms with Crippen LogP contribution in [-0.4, -0.2) is 18.1 Å². The Labute approximate surface area is 92.9 Å². The van der Waals surface area contributed by atoms with Gasteiger partial charge in [-0.3, -0.25) is 9.63 Å². The first-order chi connectivity index (χ1) is 7.22. The van der Waals surface area contributed by atoms with E-state index in [4.69, 9.17) is 16.4 Å². The smallest absolute Gasteiger partial charge is 0.270 e. The first-order valence-corrected chi connectivity index (χ1v) is 4.93. The number of amides is 1. The van der Waals surface area contributed by atoms with Crippen molar-refractivity contribution in [2.24, 2.45) is 0 Å². The van der Waals surface area contributed by atoms with Crippen molar-refractivity contribution in [2.75, 3.05) is 7.11 Å². The molecule has 0 saturated carbocycles. The first kappa shape index (κ1) is 10.2. The Morgan fingerprint density at radius 3 is 3.00 bits per heavy atom. The molecule has 4 heteroatoms. The third-order valence-electron chi connectivity index (χ3n) is 2.27. The number of halogens is 1.